The summed E-state index contributed by atoms with van der Waals surface area (Å²) < 4.78 is 0. The minimum Gasteiger partial charge on any atom is -0.258 e. The Bertz CT molecular complexity index is 680. The van der Waals surface area contributed by atoms with Gasteiger partial charge in [0, 0.05) is 0 Å². The second-order valence-electron chi connectivity index (χ2n) is 3.56. The summed E-state index contributed by atoms with van der Waals surface area (Å²) in [5, 5.41) is 40.0. The van der Waals surface area contributed by atoms with Crippen molar-refractivity contribution in [2.75, 3.05) is 12.1 Å². The number of hydrogen-bond donors (Lipinski definition) is 0. The Morgan fingerprint density at radius 3 is 1.32 bits per heavy atom. The van der Waals surface area contributed by atoms with Gasteiger partial charge in [0.15, 0.2) is 5.03 Å². The van der Waals surface area contributed by atoms with Gasteiger partial charge in [-0.2, -0.15) is 0 Å². The zero-order chi connectivity index (χ0) is 17.4. The first-order valence-corrected chi connectivity index (χ1v) is 5.64. The Hall–Kier alpha value is -2.80. The lowest BCUT2D eigenvalue weighted by atomic mass is 10.2. The zero-order valence-electron chi connectivity index (χ0n) is 10.3. The summed E-state index contributed by atoms with van der Waals surface area (Å²) >= 11 is 11.0. The van der Waals surface area contributed by atoms with E-state index >= 15 is 0 Å². The first-order chi connectivity index (χ1) is 10.0. The molecule has 1 aromatic rings. The fourth-order valence-electron chi connectivity index (χ4n) is 1.52. The molecule has 118 valence electrons. The van der Waals surface area contributed by atoms with Crippen molar-refractivity contribution in [1.29, 1.82) is 0 Å². The second-order valence-corrected chi connectivity index (χ2v) is 4.31. The maximum atomic E-state index is 11.0. The number of halogens is 2. The SMILES string of the molecule is CN(c1c([N+](=O)[O-])c(Cl)c([N+](=O)[O-])c(Cl)c1[N+](=O)[O-])[N+](=O)[O-]. The quantitative estimate of drug-likeness (QED) is 0.566. The van der Waals surface area contributed by atoms with Crippen molar-refractivity contribution in [3.05, 3.63) is 50.5 Å². The van der Waals surface area contributed by atoms with Gasteiger partial charge >= 0.3 is 17.1 Å². The van der Waals surface area contributed by atoms with Crippen LogP contribution in [0.1, 0.15) is 0 Å². The van der Waals surface area contributed by atoms with Crippen LogP contribution >= 0.6 is 23.2 Å². The van der Waals surface area contributed by atoms with Gasteiger partial charge in [0.25, 0.3) is 5.69 Å². The number of nitro benzene ring substituents is 3. The van der Waals surface area contributed by atoms with Crippen LogP contribution in [-0.4, -0.2) is 26.8 Å². The average molecular weight is 356 g/mol. The molecule has 0 heterocycles. The molecule has 1 rings (SSSR count). The highest BCUT2D eigenvalue weighted by atomic mass is 35.5. The third-order valence-electron chi connectivity index (χ3n) is 2.40. The molecule has 0 saturated heterocycles. The monoisotopic (exact) mass is 355 g/mol. The summed E-state index contributed by atoms with van der Waals surface area (Å²) in [6.45, 7) is 0. The van der Waals surface area contributed by atoms with Crippen molar-refractivity contribution in [2.45, 2.75) is 0 Å². The van der Waals surface area contributed by atoms with Crippen LogP contribution in [0.25, 0.3) is 0 Å². The van der Waals surface area contributed by atoms with E-state index in [1.165, 1.54) is 0 Å². The predicted octanol–water partition coefficient (Wildman–Crippen LogP) is 2.35. The molecule has 0 bridgehead atoms. The van der Waals surface area contributed by atoms with E-state index in [4.69, 9.17) is 23.2 Å². The molecule has 0 fully saturated rings. The van der Waals surface area contributed by atoms with Crippen LogP contribution in [0, 0.1) is 40.5 Å². The maximum Gasteiger partial charge on any atom is 0.331 e. The molecule has 0 N–H and O–H groups in total. The molecular formula is C7H3Cl2N5O8. The fourth-order valence-corrected chi connectivity index (χ4v) is 2.21. The first-order valence-electron chi connectivity index (χ1n) is 4.88. The molecule has 0 atom stereocenters. The molecule has 0 spiro atoms. The van der Waals surface area contributed by atoms with Crippen molar-refractivity contribution >= 4 is 46.0 Å². The minimum absolute atomic E-state index is 0.0717. The highest BCUT2D eigenvalue weighted by Gasteiger charge is 2.45. The van der Waals surface area contributed by atoms with Crippen molar-refractivity contribution in [3.63, 3.8) is 0 Å². The van der Waals surface area contributed by atoms with Gasteiger partial charge in [-0.05, 0) is 0 Å². The Morgan fingerprint density at radius 1 is 0.773 bits per heavy atom. The van der Waals surface area contributed by atoms with Gasteiger partial charge in [0.05, 0.1) is 21.8 Å². The average Bonchev–Trinajstić information content (AvgIpc) is 2.35. The second kappa shape index (κ2) is 5.90. The Labute approximate surface area is 129 Å². The minimum atomic E-state index is -1.37. The molecule has 0 radical (unpaired) electrons. The molecule has 0 saturated carbocycles. The molecule has 0 aliphatic carbocycles. The number of hydrazine groups is 1. The third-order valence-corrected chi connectivity index (χ3v) is 3.11. The van der Waals surface area contributed by atoms with Gasteiger partial charge in [0.1, 0.15) is 0 Å². The van der Waals surface area contributed by atoms with Crippen LogP contribution in [0.2, 0.25) is 10.0 Å². The molecule has 13 nitrogen and oxygen atoms in total. The van der Waals surface area contributed by atoms with Gasteiger partial charge in [0.2, 0.25) is 10.0 Å². The number of nitrogens with zero attached hydrogens (tertiary/aromatic N) is 5. The number of nitro groups is 4. The van der Waals surface area contributed by atoms with E-state index in [0.29, 0.717) is 7.05 Å². The lowest BCUT2D eigenvalue weighted by Crippen LogP contribution is -2.26. The standard InChI is InChI=1S/C7H3Cl2N5O8/c1-10(14(21)22)7-5(12(17)18)2(8)4(11(15)16)3(9)6(7)13(19)20/h1H3. The lowest BCUT2D eigenvalue weighted by molar-refractivity contribution is -0.493. The molecule has 0 aliphatic heterocycles. The topological polar surface area (TPSA) is 176 Å². The van der Waals surface area contributed by atoms with Gasteiger partial charge in [-0.25, -0.2) is 10.1 Å². The highest BCUT2D eigenvalue weighted by molar-refractivity contribution is 6.42. The summed E-state index contributed by atoms with van der Waals surface area (Å²) in [6.07, 6.45) is 0. The van der Waals surface area contributed by atoms with E-state index in [-0.39, 0.29) is 5.01 Å². The zero-order valence-corrected chi connectivity index (χ0v) is 11.8. The molecule has 0 aromatic heterocycles. The van der Waals surface area contributed by atoms with Gasteiger partial charge in [-0.3, -0.25) is 30.3 Å². The van der Waals surface area contributed by atoms with Crippen molar-refractivity contribution < 1.29 is 19.8 Å². The summed E-state index contributed by atoms with van der Waals surface area (Å²) in [5.74, 6) is 0. The van der Waals surface area contributed by atoms with Crippen LogP contribution < -0.4 is 5.01 Å². The van der Waals surface area contributed by atoms with Gasteiger partial charge in [-0.15, -0.1) is 0 Å². The van der Waals surface area contributed by atoms with E-state index in [9.17, 15) is 40.5 Å². The van der Waals surface area contributed by atoms with Crippen molar-refractivity contribution in [2.24, 2.45) is 0 Å². The maximum absolute atomic E-state index is 11.0. The third kappa shape index (κ3) is 2.66. The highest BCUT2D eigenvalue weighted by Crippen LogP contribution is 2.52. The molecule has 15 heteroatoms. The molecule has 0 unspecified atom stereocenters. The molecule has 0 amide bonds. The lowest BCUT2D eigenvalue weighted by Gasteiger charge is -2.11. The Balaban J connectivity index is 4.12. The summed E-state index contributed by atoms with van der Waals surface area (Å²) in [6, 6.07) is 0. The smallest absolute Gasteiger partial charge is 0.258 e. The number of hydrogen-bond acceptors (Lipinski definition) is 8. The fraction of sp³-hybridized carbons (Fsp3) is 0.143. The number of rotatable bonds is 5. The van der Waals surface area contributed by atoms with E-state index < -0.39 is 52.6 Å². The van der Waals surface area contributed by atoms with Crippen LogP contribution in [0.4, 0.5) is 22.7 Å². The predicted molar refractivity (Wildman–Crippen MR) is 71.8 cm³/mol. The molecule has 0 aliphatic rings. The summed E-state index contributed by atoms with van der Waals surface area (Å²) in [7, 11) is 0.661. The summed E-state index contributed by atoms with van der Waals surface area (Å²) in [4.78, 5) is 39.8. The van der Waals surface area contributed by atoms with Gasteiger partial charge in [-0.1, -0.05) is 28.2 Å². The van der Waals surface area contributed by atoms with Crippen molar-refractivity contribution in [3.8, 4) is 0 Å². The number of benzene rings is 1. The van der Waals surface area contributed by atoms with Gasteiger partial charge < -0.3 is 0 Å². The Morgan fingerprint density at radius 2 is 1.09 bits per heavy atom. The Kier molecular flexibility index (Phi) is 4.63. The van der Waals surface area contributed by atoms with Crippen LogP contribution in [-0.2, 0) is 0 Å². The largest absolute Gasteiger partial charge is 0.331 e. The molecular weight excluding hydrogens is 353 g/mol. The van der Waals surface area contributed by atoms with E-state index in [1.807, 2.05) is 0 Å². The normalized spacial score (nSPS) is 10.1. The van der Waals surface area contributed by atoms with E-state index in [0.717, 1.165) is 0 Å². The molecule has 1 aromatic carbocycles. The summed E-state index contributed by atoms with van der Waals surface area (Å²) in [5.41, 5.74) is -5.21. The first kappa shape index (κ1) is 17.3. The van der Waals surface area contributed by atoms with Crippen LogP contribution in [0.5, 0.6) is 0 Å². The number of anilines is 1. The molecule has 22 heavy (non-hydrogen) atoms. The van der Waals surface area contributed by atoms with E-state index in [1.54, 1.807) is 0 Å². The van der Waals surface area contributed by atoms with Crippen LogP contribution in [0.3, 0.4) is 0 Å². The van der Waals surface area contributed by atoms with Crippen molar-refractivity contribution in [1.82, 2.24) is 0 Å². The van der Waals surface area contributed by atoms with Crippen LogP contribution in [0.15, 0.2) is 0 Å². The van der Waals surface area contributed by atoms with E-state index in [2.05, 4.69) is 0 Å².